The first-order chi connectivity index (χ1) is 22.4. The number of rotatable bonds is 7. The number of fused-ring (bicyclic) bond motifs is 5. The van der Waals surface area contributed by atoms with E-state index in [1.54, 1.807) is 12.1 Å². The van der Waals surface area contributed by atoms with Crippen molar-refractivity contribution >= 4 is 49.9 Å². The van der Waals surface area contributed by atoms with Crippen LogP contribution in [-0.4, -0.2) is 27.1 Å². The third kappa shape index (κ3) is 5.10. The van der Waals surface area contributed by atoms with Gasteiger partial charge in [-0.3, -0.25) is 9.59 Å². The largest absolute Gasteiger partial charge is 0.410 e. The van der Waals surface area contributed by atoms with Gasteiger partial charge in [-0.2, -0.15) is 0 Å². The number of ketones is 2. The van der Waals surface area contributed by atoms with Crippen molar-refractivity contribution in [1.82, 2.24) is 4.57 Å². The van der Waals surface area contributed by atoms with Crippen molar-refractivity contribution in [2.45, 2.75) is 59.4 Å². The average molecular weight is 607 g/mol. The molecule has 7 rings (SSSR count). The van der Waals surface area contributed by atoms with Gasteiger partial charge in [0.1, 0.15) is 0 Å². The summed E-state index contributed by atoms with van der Waals surface area (Å²) in [5.41, 5.74) is 7.59. The Morgan fingerprint density at radius 1 is 0.739 bits per heavy atom. The zero-order chi connectivity index (χ0) is 31.9. The Bertz CT molecular complexity index is 2160. The van der Waals surface area contributed by atoms with Crippen molar-refractivity contribution in [3.63, 3.8) is 0 Å². The SMILES string of the molecule is Cc1cc(C)c(C(=O)c2cc3c4cc(C(=O)/C(=N/O)c5ccccc5)ccc4n(CC4CCCCC4)c3c3ccccc23)c(C)c1. The summed E-state index contributed by atoms with van der Waals surface area (Å²) in [6.07, 6.45) is 6.19. The monoisotopic (exact) mass is 606 g/mol. The molecule has 1 aliphatic carbocycles. The Balaban J connectivity index is 1.49. The first kappa shape index (κ1) is 29.7. The minimum atomic E-state index is -0.355. The van der Waals surface area contributed by atoms with Crippen LogP contribution in [0.4, 0.5) is 0 Å². The van der Waals surface area contributed by atoms with Crippen LogP contribution in [0.2, 0.25) is 0 Å². The summed E-state index contributed by atoms with van der Waals surface area (Å²) in [6, 6.07) is 29.2. The normalized spacial score (nSPS) is 14.4. The van der Waals surface area contributed by atoms with E-state index in [0.717, 1.165) is 61.4 Å². The van der Waals surface area contributed by atoms with Gasteiger partial charge in [-0.25, -0.2) is 0 Å². The summed E-state index contributed by atoms with van der Waals surface area (Å²) >= 11 is 0. The van der Waals surface area contributed by atoms with Gasteiger partial charge in [0.05, 0.1) is 5.52 Å². The zero-order valence-electron chi connectivity index (χ0n) is 26.6. The highest BCUT2D eigenvalue weighted by atomic mass is 16.4. The van der Waals surface area contributed by atoms with Crippen LogP contribution in [0.5, 0.6) is 0 Å². The van der Waals surface area contributed by atoms with Gasteiger partial charge in [-0.1, -0.05) is 96.7 Å². The summed E-state index contributed by atoms with van der Waals surface area (Å²) in [5, 5.41) is 17.1. The summed E-state index contributed by atoms with van der Waals surface area (Å²) in [5.74, 6) is 0.219. The molecular weight excluding hydrogens is 568 g/mol. The molecule has 0 radical (unpaired) electrons. The van der Waals surface area contributed by atoms with Crippen LogP contribution < -0.4 is 0 Å². The molecule has 1 aromatic heterocycles. The summed E-state index contributed by atoms with van der Waals surface area (Å²) in [6.45, 7) is 6.96. The molecular formula is C41H38N2O3. The molecule has 0 aliphatic heterocycles. The Hall–Kier alpha value is -5.03. The Labute approximate surface area is 269 Å². The molecule has 230 valence electrons. The van der Waals surface area contributed by atoms with Crippen LogP contribution in [-0.2, 0) is 6.54 Å². The van der Waals surface area contributed by atoms with Crippen molar-refractivity contribution in [3.8, 4) is 0 Å². The summed E-state index contributed by atoms with van der Waals surface area (Å²) in [7, 11) is 0. The van der Waals surface area contributed by atoms with E-state index >= 15 is 0 Å². The lowest BCUT2D eigenvalue weighted by Crippen LogP contribution is -2.16. The van der Waals surface area contributed by atoms with E-state index in [-0.39, 0.29) is 17.3 Å². The lowest BCUT2D eigenvalue weighted by molar-refractivity contribution is 0.103. The molecule has 46 heavy (non-hydrogen) atoms. The fourth-order valence-electron chi connectivity index (χ4n) is 7.75. The number of oxime groups is 1. The number of aryl methyl sites for hydroxylation is 3. The third-order valence-corrected chi connectivity index (χ3v) is 9.80. The lowest BCUT2D eigenvalue weighted by atomic mass is 9.89. The van der Waals surface area contributed by atoms with Gasteiger partial charge in [0, 0.05) is 50.5 Å². The Morgan fingerprint density at radius 3 is 2.11 bits per heavy atom. The molecule has 0 unspecified atom stereocenters. The maximum absolute atomic E-state index is 14.5. The highest BCUT2D eigenvalue weighted by Crippen LogP contribution is 2.39. The summed E-state index contributed by atoms with van der Waals surface area (Å²) < 4.78 is 2.42. The lowest BCUT2D eigenvalue weighted by Gasteiger charge is -2.23. The molecule has 1 N–H and O–H groups in total. The van der Waals surface area contributed by atoms with E-state index in [4.69, 9.17) is 0 Å². The number of Topliss-reactive ketones (excluding diaryl/α,β-unsaturated/α-hetero) is 1. The molecule has 6 aromatic rings. The van der Waals surface area contributed by atoms with Gasteiger partial charge in [-0.05, 0) is 80.3 Å². The second-order valence-electron chi connectivity index (χ2n) is 13.0. The van der Waals surface area contributed by atoms with Gasteiger partial charge >= 0.3 is 0 Å². The first-order valence-electron chi connectivity index (χ1n) is 16.3. The smallest absolute Gasteiger partial charge is 0.215 e. The van der Waals surface area contributed by atoms with Crippen molar-refractivity contribution in [3.05, 3.63) is 130 Å². The number of benzene rings is 5. The molecule has 0 bridgehead atoms. The van der Waals surface area contributed by atoms with E-state index in [0.29, 0.717) is 22.6 Å². The number of nitrogens with zero attached hydrogens (tertiary/aromatic N) is 2. The second-order valence-corrected chi connectivity index (χ2v) is 13.0. The van der Waals surface area contributed by atoms with Gasteiger partial charge in [0.25, 0.3) is 0 Å². The predicted molar refractivity (Wildman–Crippen MR) is 187 cm³/mol. The maximum atomic E-state index is 14.5. The molecule has 5 heteroatoms. The van der Waals surface area contributed by atoms with E-state index in [1.807, 2.05) is 68.4 Å². The third-order valence-electron chi connectivity index (χ3n) is 9.80. The standard InChI is InChI=1S/C41H38N2O3/c1-25-20-26(2)37(27(3)21-25)41(45)35-23-34-33-22-30(40(44)38(42-46)29-14-8-5-9-15-29)18-19-36(33)43(24-28-12-6-4-7-13-28)39(34)32-17-11-10-16-31(32)35/h5,8-11,14-23,28,46H,4,6-7,12-13,24H2,1-3H3/b42-38+. The molecule has 1 heterocycles. The highest BCUT2D eigenvalue weighted by molar-refractivity contribution is 6.51. The van der Waals surface area contributed by atoms with Crippen LogP contribution in [0.3, 0.4) is 0 Å². The van der Waals surface area contributed by atoms with Crippen LogP contribution in [0.25, 0.3) is 32.6 Å². The number of aromatic nitrogens is 1. The maximum Gasteiger partial charge on any atom is 0.215 e. The van der Waals surface area contributed by atoms with Crippen molar-refractivity contribution in [2.24, 2.45) is 11.1 Å². The van der Waals surface area contributed by atoms with Crippen LogP contribution in [0, 0.1) is 26.7 Å². The Kier molecular flexibility index (Phi) is 7.77. The minimum Gasteiger partial charge on any atom is -0.410 e. The molecule has 0 saturated heterocycles. The van der Waals surface area contributed by atoms with Crippen LogP contribution in [0.15, 0.2) is 96.2 Å². The summed E-state index contributed by atoms with van der Waals surface area (Å²) in [4.78, 5) is 28.3. The quantitative estimate of drug-likeness (QED) is 0.0851. The van der Waals surface area contributed by atoms with Crippen molar-refractivity contribution in [2.75, 3.05) is 0 Å². The minimum absolute atomic E-state index is 0.00229. The number of hydrogen-bond acceptors (Lipinski definition) is 4. The molecule has 0 spiro atoms. The molecule has 1 aliphatic rings. The zero-order valence-corrected chi connectivity index (χ0v) is 26.6. The molecule has 1 saturated carbocycles. The van der Waals surface area contributed by atoms with E-state index in [9.17, 15) is 14.8 Å². The Morgan fingerprint density at radius 2 is 1.41 bits per heavy atom. The van der Waals surface area contributed by atoms with E-state index in [1.165, 1.54) is 32.1 Å². The highest BCUT2D eigenvalue weighted by Gasteiger charge is 2.25. The van der Waals surface area contributed by atoms with Gasteiger partial charge < -0.3 is 9.77 Å². The fraction of sp³-hybridized carbons (Fsp3) is 0.244. The van der Waals surface area contributed by atoms with Gasteiger partial charge in [-0.15, -0.1) is 0 Å². The number of hydrogen-bond donors (Lipinski definition) is 1. The van der Waals surface area contributed by atoms with E-state index in [2.05, 4.69) is 40.9 Å². The molecule has 5 nitrogen and oxygen atoms in total. The van der Waals surface area contributed by atoms with Crippen LogP contribution in [0.1, 0.15) is 80.6 Å². The fourth-order valence-corrected chi connectivity index (χ4v) is 7.75. The van der Waals surface area contributed by atoms with Gasteiger partial charge in [0.15, 0.2) is 11.5 Å². The topological polar surface area (TPSA) is 71.7 Å². The predicted octanol–water partition coefficient (Wildman–Crippen LogP) is 9.75. The van der Waals surface area contributed by atoms with E-state index < -0.39 is 0 Å². The average Bonchev–Trinajstić information content (AvgIpc) is 3.37. The molecule has 1 fully saturated rings. The molecule has 5 aromatic carbocycles. The number of carbonyl (C=O) groups excluding carboxylic acids is 2. The van der Waals surface area contributed by atoms with Crippen LogP contribution >= 0.6 is 0 Å². The first-order valence-corrected chi connectivity index (χ1v) is 16.3. The molecule has 0 atom stereocenters. The van der Waals surface area contributed by atoms with Crippen molar-refractivity contribution < 1.29 is 14.8 Å². The number of carbonyl (C=O) groups is 2. The second kappa shape index (κ2) is 12.1. The van der Waals surface area contributed by atoms with Crippen molar-refractivity contribution in [1.29, 1.82) is 0 Å². The van der Waals surface area contributed by atoms with Gasteiger partial charge in [0.2, 0.25) is 5.78 Å². The molecule has 0 amide bonds.